The largest absolute Gasteiger partial charge is 0.508 e. The first-order chi connectivity index (χ1) is 60.4. The maximum absolute atomic E-state index is 16.6. The Bertz CT molecular complexity index is 5380. The molecule has 0 spiro atoms. The van der Waals surface area contributed by atoms with E-state index in [4.69, 9.17) is 72.6 Å². The number of carbonyl (C=O) groups excluding carboxylic acids is 7. The number of halogens is 5. The van der Waals surface area contributed by atoms with E-state index in [1.165, 1.54) is 64.2 Å². The number of fused-ring (bicyclic) bond motifs is 15. The van der Waals surface area contributed by atoms with E-state index in [1.54, 1.807) is 45.0 Å². The lowest BCUT2D eigenvalue weighted by Gasteiger charge is -2.48. The van der Waals surface area contributed by atoms with Crippen molar-refractivity contribution >= 4 is 70.5 Å². The maximum Gasteiger partial charge on any atom is 0.416 e. The number of amides is 7. The van der Waals surface area contributed by atoms with E-state index < -0.39 is 289 Å². The molecule has 128 heavy (non-hydrogen) atoms. The van der Waals surface area contributed by atoms with E-state index >= 15 is 24.0 Å². The molecular weight excluding hydrogens is 1730 g/mol. The second kappa shape index (κ2) is 38.3. The minimum absolute atomic E-state index is 0.0605. The predicted molar refractivity (Wildman–Crippen MR) is 445 cm³/mol. The Morgan fingerprint density at radius 3 is 1.83 bits per heavy atom. The van der Waals surface area contributed by atoms with Crippen molar-refractivity contribution < 1.29 is 140 Å². The summed E-state index contributed by atoms with van der Waals surface area (Å²) in [5.41, 5.74) is 7.61. The number of nitrogens with two attached hydrogens (primary N) is 2. The first-order valence-corrected chi connectivity index (χ1v) is 41.4. The average Bonchev–Trinajstić information content (AvgIpc) is 0.762. The highest BCUT2D eigenvalue weighted by Crippen LogP contribution is 2.51. The molecule has 15 rings (SSSR count). The third-order valence-electron chi connectivity index (χ3n) is 23.3. The van der Waals surface area contributed by atoms with Crippen LogP contribution in [0.2, 0.25) is 10.0 Å². The van der Waals surface area contributed by atoms with Crippen molar-refractivity contribution in [1.29, 1.82) is 0 Å². The van der Waals surface area contributed by atoms with Crippen LogP contribution in [0.15, 0.2) is 127 Å². The summed E-state index contributed by atoms with van der Waals surface area (Å²) in [6, 6.07) is 10.6. The molecule has 36 nitrogen and oxygen atoms in total. The maximum atomic E-state index is 16.6. The van der Waals surface area contributed by atoms with Gasteiger partial charge in [0.15, 0.2) is 36.2 Å². The number of rotatable bonds is 19. The first kappa shape index (κ1) is 94.5. The number of alkyl halides is 3. The van der Waals surface area contributed by atoms with Crippen molar-refractivity contribution in [3.63, 3.8) is 0 Å². The van der Waals surface area contributed by atoms with E-state index in [2.05, 4.69) is 42.5 Å². The van der Waals surface area contributed by atoms with Gasteiger partial charge in [-0.15, -0.1) is 0 Å². The van der Waals surface area contributed by atoms with Crippen LogP contribution in [0, 0.1) is 5.92 Å². The minimum atomic E-state index is -4.56. The van der Waals surface area contributed by atoms with Crippen molar-refractivity contribution in [2.24, 2.45) is 17.4 Å². The number of aliphatic carboxylic acids is 1. The fourth-order valence-corrected chi connectivity index (χ4v) is 16.8. The molecule has 0 aromatic heterocycles. The lowest BCUT2D eigenvalue weighted by molar-refractivity contribution is -0.334. The lowest BCUT2D eigenvalue weighted by atomic mass is 9.84. The van der Waals surface area contributed by atoms with Crippen molar-refractivity contribution in [3.8, 4) is 68.2 Å². The highest BCUT2D eigenvalue weighted by atomic mass is 35.5. The van der Waals surface area contributed by atoms with Gasteiger partial charge in [-0.05, 0) is 153 Å². The Balaban J connectivity index is 1.00. The van der Waals surface area contributed by atoms with E-state index in [0.717, 1.165) is 66.7 Å². The van der Waals surface area contributed by atoms with Gasteiger partial charge in [0.2, 0.25) is 53.4 Å². The number of nitrogens with one attached hydrogen (secondary N) is 8. The molecule has 0 unspecified atom stereocenters. The average molecular weight is 1830 g/mol. The molecule has 7 amide bonds. The fourth-order valence-electron chi connectivity index (χ4n) is 16.4. The fraction of sp³-hybridized carbons (Fsp3) is 0.425. The zero-order chi connectivity index (χ0) is 92.8. The number of carboxylic acids is 1. The number of primary amides is 1. The lowest BCUT2D eigenvalue weighted by Crippen LogP contribution is -2.65. The number of hydrogen-bond acceptors (Lipinski definition) is 28. The Kier molecular flexibility index (Phi) is 28.3. The van der Waals surface area contributed by atoms with Gasteiger partial charge in [0.05, 0.1) is 59.1 Å². The van der Waals surface area contributed by atoms with Gasteiger partial charge in [0.1, 0.15) is 89.5 Å². The summed E-state index contributed by atoms with van der Waals surface area (Å²) in [4.78, 5) is 121. The third kappa shape index (κ3) is 20.5. The van der Waals surface area contributed by atoms with Crippen LogP contribution in [0.3, 0.4) is 0 Å². The number of likely N-dealkylation sites (N-methyl/N-ethyl adjacent to an activating group) is 1. The standard InChI is InChI=1S/C87H97Cl2F3N10O26/c1-35(2)22-51(95-7)77(113)101-67-69(108)42-15-20-55(49(88)24-42)123-57-26-44-27-58(73(57)128-84-74(71(110)70(109)59(34-103)125-84)127-62-32-86(6,76(112)37(4)122-62)96-33-38-8-10-39(11-9-38)40-12-17-45(18-13-40)87(90,91)92)124-56-21-16-43(25-50(56)89)72(126-61-31-85(5,94)75(111)36(3)121-61)68-82(118)100-66(83(119)120)48-28-46(104)29-54(106)63(48)47-23-41(14-19-53(47)105)64(79(115)102-68)99-80(116)65(44)98-78(114)52(30-60(93)107)97-81(67)117/h8-21,23-29,35-37,51-52,59,61-62,64-72,74-76,84,95-96,103-106,108-112H,22,30-34,94H2,1-7H3,(H2,93,107)(H,97,117)(H,98,114)(H,99,116)(H,100,118)(H,101,113)(H,102,115)(H,119,120)/t36-,37-,51+,52-,59+,61-,62-,64+,65+,66-,67+,68-,69+,70+,71-,72+,74+,75-,76-,84-,85-,86-/m0/s1. The van der Waals surface area contributed by atoms with Crippen LogP contribution in [0.5, 0.6) is 46.0 Å². The van der Waals surface area contributed by atoms with Crippen molar-refractivity contribution in [3.05, 3.63) is 176 Å². The van der Waals surface area contributed by atoms with Crippen LogP contribution in [0.4, 0.5) is 13.2 Å². The van der Waals surface area contributed by atoms with E-state index in [-0.39, 0.29) is 42.9 Å². The van der Waals surface area contributed by atoms with Gasteiger partial charge >= 0.3 is 12.1 Å². The zero-order valence-electron chi connectivity index (χ0n) is 69.5. The molecule has 8 heterocycles. The van der Waals surface area contributed by atoms with Crippen LogP contribution in [0.25, 0.3) is 22.3 Å². The monoisotopic (exact) mass is 1820 g/mol. The van der Waals surface area contributed by atoms with Crippen LogP contribution < -0.4 is 68.2 Å². The molecular formula is C87H97Cl2F3N10O26. The molecule has 3 fully saturated rings. The third-order valence-corrected chi connectivity index (χ3v) is 23.9. The van der Waals surface area contributed by atoms with E-state index in [1.807, 2.05) is 0 Å². The van der Waals surface area contributed by atoms with Crippen LogP contribution in [0.1, 0.15) is 137 Å². The first-order valence-electron chi connectivity index (χ1n) is 40.7. The summed E-state index contributed by atoms with van der Waals surface area (Å²) in [5, 5.41) is 137. The number of aliphatic hydroxyl groups excluding tert-OH is 6. The summed E-state index contributed by atoms with van der Waals surface area (Å²) < 4.78 is 93.1. The molecule has 3 saturated heterocycles. The Morgan fingerprint density at radius 1 is 0.648 bits per heavy atom. The van der Waals surface area contributed by atoms with Gasteiger partial charge in [-0.2, -0.15) is 13.2 Å². The molecule has 8 aliphatic rings. The van der Waals surface area contributed by atoms with Crippen molar-refractivity contribution in [2.75, 3.05) is 13.7 Å². The molecule has 686 valence electrons. The molecule has 22 atom stereocenters. The molecule has 0 aliphatic carbocycles. The normalized spacial score (nSPS) is 29.5. The topological polar surface area (TPSA) is 561 Å². The number of carboxylic acid groups (broad SMARTS) is 1. The summed E-state index contributed by atoms with van der Waals surface area (Å²) in [6.07, 6.45) is -28.2. The number of benzene rings is 7. The van der Waals surface area contributed by atoms with Gasteiger partial charge in [0.25, 0.3) is 0 Å². The van der Waals surface area contributed by atoms with Gasteiger partial charge in [-0.1, -0.05) is 91.6 Å². The van der Waals surface area contributed by atoms with E-state index in [9.17, 15) is 78.6 Å². The molecule has 11 bridgehead atoms. The van der Waals surface area contributed by atoms with Gasteiger partial charge in [-0.3, -0.25) is 33.6 Å². The molecule has 0 radical (unpaired) electrons. The van der Waals surface area contributed by atoms with E-state index in [0.29, 0.717) is 16.7 Å². The second-order valence-electron chi connectivity index (χ2n) is 33.3. The molecule has 22 N–H and O–H groups in total. The number of phenolic OH excluding ortho intramolecular Hbond substituents is 3. The summed E-state index contributed by atoms with van der Waals surface area (Å²) >= 11 is 14.6. The summed E-state index contributed by atoms with van der Waals surface area (Å²) in [6.45, 7) is 8.71. The van der Waals surface area contributed by atoms with Crippen LogP contribution >= 0.6 is 23.2 Å². The highest BCUT2D eigenvalue weighted by molar-refractivity contribution is 6.32. The molecule has 41 heteroatoms. The minimum Gasteiger partial charge on any atom is -0.508 e. The van der Waals surface area contributed by atoms with Crippen molar-refractivity contribution in [1.82, 2.24) is 42.5 Å². The molecule has 8 aliphatic heterocycles. The van der Waals surface area contributed by atoms with Crippen LogP contribution in [-0.4, -0.2) is 215 Å². The second-order valence-corrected chi connectivity index (χ2v) is 34.1. The predicted octanol–water partition coefficient (Wildman–Crippen LogP) is 4.86. The molecule has 7 aromatic carbocycles. The summed E-state index contributed by atoms with van der Waals surface area (Å²) in [5.74, 6) is -16.5. The quantitative estimate of drug-likeness (QED) is 0.0514. The zero-order valence-corrected chi connectivity index (χ0v) is 71.1. The number of carbonyl (C=O) groups is 8. The number of hydrogen-bond donors (Lipinski definition) is 20. The van der Waals surface area contributed by atoms with Gasteiger partial charge in [-0.25, -0.2) is 4.79 Å². The number of aromatic hydroxyl groups is 3. The number of phenols is 3. The highest BCUT2D eigenvalue weighted by Gasteiger charge is 2.53. The smallest absolute Gasteiger partial charge is 0.416 e. The Labute approximate surface area is 738 Å². The number of ether oxygens (including phenoxy) is 8. The molecule has 7 aromatic rings. The Hall–Kier alpha value is -11.1. The van der Waals surface area contributed by atoms with Crippen LogP contribution in [-0.2, 0) is 74.8 Å². The van der Waals surface area contributed by atoms with Gasteiger partial charge in [0, 0.05) is 53.2 Å². The van der Waals surface area contributed by atoms with Crippen molar-refractivity contribution in [2.45, 2.75) is 213 Å². The SMILES string of the molecule is CN[C@H](CC(C)C)C(=O)N[C@H]1C(=O)N[C@@H](CC(N)=O)C(=O)N[C@H]2C(=O)N[C@H]3C(=O)N[C@H](C(=O)N[C@H](C(=O)O)c4cc(O)cc(O)c4-c4cc3ccc4O)[C@H](O[C@H]3C[C@](C)(N)[C@@H](O)[C@H](C)O3)c3ccc(c(Cl)c3)Oc3cc2cc(c3O[C@@H]2O[C@H](CO)[C@@H](O)[C@H](O)[C@H]2O[C@H]2C[C@](C)(NCc3ccc(-c4ccc(C(F)(F)F)cc4)cc3)[C@@H](O)[C@H](C)O2)Oc2ccc(cc2Cl)[C@H]1O. The van der Waals surface area contributed by atoms with Gasteiger partial charge < -0.3 is 143 Å². The molecule has 0 saturated carbocycles. The Morgan fingerprint density at radius 2 is 1.23 bits per heavy atom. The summed E-state index contributed by atoms with van der Waals surface area (Å²) in [7, 11) is 1.46. The number of aliphatic hydroxyl groups is 6.